The summed E-state index contributed by atoms with van der Waals surface area (Å²) in [6, 6.07) is 7.52. The van der Waals surface area contributed by atoms with E-state index in [1.807, 2.05) is 38.1 Å². The van der Waals surface area contributed by atoms with Crippen LogP contribution in [0, 0.1) is 6.92 Å². The normalized spacial score (nSPS) is 11.4. The van der Waals surface area contributed by atoms with E-state index < -0.39 is 10.0 Å². The summed E-state index contributed by atoms with van der Waals surface area (Å²) in [6.07, 6.45) is 2.05. The number of benzene rings is 1. The van der Waals surface area contributed by atoms with E-state index >= 15 is 0 Å². The molecule has 0 radical (unpaired) electrons. The van der Waals surface area contributed by atoms with Crippen LogP contribution in [0.5, 0.6) is 0 Å². The van der Waals surface area contributed by atoms with Crippen LogP contribution in [-0.2, 0) is 10.0 Å². The standard InChI is InChI=1S/C11H17NO2S/c1-4-9-12(15(3,13)14)11-8-6-5-7-10(11)2/h5-8H,4,9H2,1-3H3. The van der Waals surface area contributed by atoms with Crippen molar-refractivity contribution in [2.75, 3.05) is 17.1 Å². The van der Waals surface area contributed by atoms with Crippen molar-refractivity contribution in [1.82, 2.24) is 0 Å². The van der Waals surface area contributed by atoms with E-state index in [2.05, 4.69) is 0 Å². The zero-order chi connectivity index (χ0) is 11.5. The molecule has 0 heterocycles. The Balaban J connectivity index is 3.16. The van der Waals surface area contributed by atoms with Gasteiger partial charge in [0.05, 0.1) is 11.9 Å². The minimum absolute atomic E-state index is 0.531. The number of hydrogen-bond donors (Lipinski definition) is 0. The molecule has 3 nitrogen and oxygen atoms in total. The molecule has 1 aromatic rings. The first-order chi connectivity index (χ1) is 6.96. The molecule has 0 saturated heterocycles. The van der Waals surface area contributed by atoms with Crippen LogP contribution in [-0.4, -0.2) is 21.2 Å². The molecule has 0 aliphatic carbocycles. The molecule has 0 amide bonds. The number of sulfonamides is 1. The highest BCUT2D eigenvalue weighted by Gasteiger charge is 2.17. The highest BCUT2D eigenvalue weighted by atomic mass is 32.2. The summed E-state index contributed by atoms with van der Waals surface area (Å²) < 4.78 is 24.7. The lowest BCUT2D eigenvalue weighted by Gasteiger charge is -2.23. The monoisotopic (exact) mass is 227 g/mol. The molecule has 1 rings (SSSR count). The van der Waals surface area contributed by atoms with Crippen molar-refractivity contribution in [2.24, 2.45) is 0 Å². The zero-order valence-electron chi connectivity index (χ0n) is 9.40. The van der Waals surface area contributed by atoms with Crippen molar-refractivity contribution in [1.29, 1.82) is 0 Å². The van der Waals surface area contributed by atoms with Crippen molar-refractivity contribution < 1.29 is 8.42 Å². The lowest BCUT2D eigenvalue weighted by Crippen LogP contribution is -2.31. The molecule has 0 aliphatic heterocycles. The minimum Gasteiger partial charge on any atom is -0.270 e. The van der Waals surface area contributed by atoms with Crippen molar-refractivity contribution >= 4 is 15.7 Å². The zero-order valence-corrected chi connectivity index (χ0v) is 10.2. The van der Waals surface area contributed by atoms with Gasteiger partial charge in [-0.3, -0.25) is 4.31 Å². The lowest BCUT2D eigenvalue weighted by atomic mass is 10.2. The Kier molecular flexibility index (Phi) is 3.74. The Bertz CT molecular complexity index is 426. The summed E-state index contributed by atoms with van der Waals surface area (Å²) in [5.74, 6) is 0. The van der Waals surface area contributed by atoms with E-state index in [0.717, 1.165) is 17.7 Å². The molecule has 0 aromatic heterocycles. The maximum Gasteiger partial charge on any atom is 0.232 e. The second kappa shape index (κ2) is 4.66. The van der Waals surface area contributed by atoms with E-state index in [-0.39, 0.29) is 0 Å². The fraction of sp³-hybridized carbons (Fsp3) is 0.455. The molecule has 0 bridgehead atoms. The maximum atomic E-state index is 11.6. The first kappa shape index (κ1) is 12.0. The Hall–Kier alpha value is -1.03. The summed E-state index contributed by atoms with van der Waals surface area (Å²) in [4.78, 5) is 0. The maximum absolute atomic E-state index is 11.6. The molecule has 0 saturated carbocycles. The van der Waals surface area contributed by atoms with Gasteiger partial charge in [0, 0.05) is 6.54 Å². The molecular formula is C11H17NO2S. The van der Waals surface area contributed by atoms with Gasteiger partial charge < -0.3 is 0 Å². The van der Waals surface area contributed by atoms with Gasteiger partial charge in [-0.05, 0) is 25.0 Å². The summed E-state index contributed by atoms with van der Waals surface area (Å²) in [5.41, 5.74) is 1.76. The third-order valence-electron chi connectivity index (χ3n) is 2.21. The van der Waals surface area contributed by atoms with Gasteiger partial charge in [0.2, 0.25) is 10.0 Å². The van der Waals surface area contributed by atoms with Gasteiger partial charge in [-0.25, -0.2) is 8.42 Å². The Morgan fingerprint density at radius 2 is 1.87 bits per heavy atom. The van der Waals surface area contributed by atoms with Crippen LogP contribution >= 0.6 is 0 Å². The summed E-state index contributed by atoms with van der Waals surface area (Å²) in [6.45, 7) is 4.42. The number of anilines is 1. The van der Waals surface area contributed by atoms with Crippen molar-refractivity contribution in [3.63, 3.8) is 0 Å². The van der Waals surface area contributed by atoms with Gasteiger partial charge in [0.1, 0.15) is 0 Å². The molecule has 0 fully saturated rings. The number of aryl methyl sites for hydroxylation is 1. The minimum atomic E-state index is -3.17. The molecule has 15 heavy (non-hydrogen) atoms. The molecule has 0 atom stereocenters. The Labute approximate surface area is 91.8 Å². The van der Waals surface area contributed by atoms with Gasteiger partial charge in [0.15, 0.2) is 0 Å². The molecule has 1 aromatic carbocycles. The number of para-hydroxylation sites is 1. The van der Waals surface area contributed by atoms with Gasteiger partial charge in [-0.1, -0.05) is 25.1 Å². The van der Waals surface area contributed by atoms with E-state index in [4.69, 9.17) is 0 Å². The molecule has 0 N–H and O–H groups in total. The predicted molar refractivity (Wildman–Crippen MR) is 63.7 cm³/mol. The van der Waals surface area contributed by atoms with Gasteiger partial charge in [-0.15, -0.1) is 0 Å². The van der Waals surface area contributed by atoms with Crippen LogP contribution < -0.4 is 4.31 Å². The van der Waals surface area contributed by atoms with Crippen LogP contribution in [0.2, 0.25) is 0 Å². The fourth-order valence-electron chi connectivity index (χ4n) is 1.51. The van der Waals surface area contributed by atoms with Crippen LogP contribution in [0.25, 0.3) is 0 Å². The topological polar surface area (TPSA) is 37.4 Å². The van der Waals surface area contributed by atoms with Gasteiger partial charge in [0.25, 0.3) is 0 Å². The number of hydrogen-bond acceptors (Lipinski definition) is 2. The van der Waals surface area contributed by atoms with E-state index in [1.54, 1.807) is 0 Å². The highest BCUT2D eigenvalue weighted by Crippen LogP contribution is 2.21. The second-order valence-corrected chi connectivity index (χ2v) is 5.53. The van der Waals surface area contributed by atoms with Crippen LogP contribution in [0.1, 0.15) is 18.9 Å². The number of nitrogens with zero attached hydrogens (tertiary/aromatic N) is 1. The molecular weight excluding hydrogens is 210 g/mol. The SMILES string of the molecule is CCCN(c1ccccc1C)S(C)(=O)=O. The lowest BCUT2D eigenvalue weighted by molar-refractivity contribution is 0.596. The van der Waals surface area contributed by atoms with Crippen molar-refractivity contribution in [2.45, 2.75) is 20.3 Å². The summed E-state index contributed by atoms with van der Waals surface area (Å²) in [5, 5.41) is 0. The van der Waals surface area contributed by atoms with E-state index in [0.29, 0.717) is 6.54 Å². The second-order valence-electron chi connectivity index (χ2n) is 3.62. The van der Waals surface area contributed by atoms with E-state index in [1.165, 1.54) is 10.6 Å². The van der Waals surface area contributed by atoms with Gasteiger partial charge in [-0.2, -0.15) is 0 Å². The van der Waals surface area contributed by atoms with Crippen LogP contribution in [0.15, 0.2) is 24.3 Å². The first-order valence-electron chi connectivity index (χ1n) is 5.00. The molecule has 84 valence electrons. The Morgan fingerprint density at radius 3 is 2.33 bits per heavy atom. The Morgan fingerprint density at radius 1 is 1.27 bits per heavy atom. The average molecular weight is 227 g/mol. The van der Waals surface area contributed by atoms with Crippen LogP contribution in [0.4, 0.5) is 5.69 Å². The number of rotatable bonds is 4. The van der Waals surface area contributed by atoms with Crippen molar-refractivity contribution in [3.05, 3.63) is 29.8 Å². The highest BCUT2D eigenvalue weighted by molar-refractivity contribution is 7.92. The molecule has 0 aliphatic rings. The van der Waals surface area contributed by atoms with Gasteiger partial charge >= 0.3 is 0 Å². The largest absolute Gasteiger partial charge is 0.270 e. The fourth-order valence-corrected chi connectivity index (χ4v) is 2.59. The molecule has 0 unspecified atom stereocenters. The molecule has 0 spiro atoms. The average Bonchev–Trinajstić information content (AvgIpc) is 2.14. The first-order valence-corrected chi connectivity index (χ1v) is 6.85. The third-order valence-corrected chi connectivity index (χ3v) is 3.39. The molecule has 4 heteroatoms. The predicted octanol–water partition coefficient (Wildman–Crippen LogP) is 2.17. The quantitative estimate of drug-likeness (QED) is 0.790. The summed E-state index contributed by atoms with van der Waals surface area (Å²) in [7, 11) is -3.17. The summed E-state index contributed by atoms with van der Waals surface area (Å²) >= 11 is 0. The third kappa shape index (κ3) is 2.96. The smallest absolute Gasteiger partial charge is 0.232 e. The van der Waals surface area contributed by atoms with Crippen molar-refractivity contribution in [3.8, 4) is 0 Å². The van der Waals surface area contributed by atoms with Crippen LogP contribution in [0.3, 0.4) is 0 Å². The van der Waals surface area contributed by atoms with E-state index in [9.17, 15) is 8.42 Å².